The fraction of sp³-hybridized carbons (Fsp3) is 0.353. The van der Waals surface area contributed by atoms with Crippen molar-refractivity contribution in [2.24, 2.45) is 11.8 Å². The molecule has 23 heavy (non-hydrogen) atoms. The average Bonchev–Trinajstić information content (AvgIpc) is 2.54. The van der Waals surface area contributed by atoms with E-state index in [9.17, 15) is 19.5 Å². The summed E-state index contributed by atoms with van der Waals surface area (Å²) in [6.45, 7) is 0. The van der Waals surface area contributed by atoms with Crippen LogP contribution in [0.5, 0.6) is 0 Å². The largest absolute Gasteiger partial charge is 0.481 e. The zero-order valence-electron chi connectivity index (χ0n) is 13.2. The molecule has 0 heterocycles. The van der Waals surface area contributed by atoms with Crippen LogP contribution in [0.1, 0.15) is 23.2 Å². The number of aliphatic carboxylic acids is 1. The van der Waals surface area contributed by atoms with Gasteiger partial charge in [0.1, 0.15) is 0 Å². The lowest BCUT2D eigenvalue weighted by atomic mass is 9.82. The third-order valence-corrected chi connectivity index (χ3v) is 3.91. The predicted molar refractivity (Wildman–Crippen MR) is 86.1 cm³/mol. The van der Waals surface area contributed by atoms with Gasteiger partial charge >= 0.3 is 5.97 Å². The molecule has 0 fully saturated rings. The zero-order chi connectivity index (χ0) is 17.0. The second kappa shape index (κ2) is 7.09. The van der Waals surface area contributed by atoms with Crippen LogP contribution in [0.25, 0.3) is 0 Å². The van der Waals surface area contributed by atoms with Gasteiger partial charge in [-0.15, -0.1) is 0 Å². The van der Waals surface area contributed by atoms with Crippen LogP contribution < -0.4 is 5.32 Å². The minimum absolute atomic E-state index is 0.223. The summed E-state index contributed by atoms with van der Waals surface area (Å²) in [6.07, 6.45) is 4.32. The van der Waals surface area contributed by atoms with Crippen molar-refractivity contribution in [3.8, 4) is 0 Å². The van der Waals surface area contributed by atoms with Crippen LogP contribution in [0.3, 0.4) is 0 Å². The molecular formula is C17H20N2O4. The Morgan fingerprint density at radius 2 is 1.70 bits per heavy atom. The van der Waals surface area contributed by atoms with Gasteiger partial charge in [0.25, 0.3) is 5.91 Å². The Bertz CT molecular complexity index is 652. The first kappa shape index (κ1) is 16.7. The third-order valence-electron chi connectivity index (χ3n) is 3.91. The highest BCUT2D eigenvalue weighted by molar-refractivity contribution is 6.04. The number of nitrogens with zero attached hydrogens (tertiary/aromatic N) is 1. The molecular weight excluding hydrogens is 296 g/mol. The third kappa shape index (κ3) is 3.77. The van der Waals surface area contributed by atoms with E-state index >= 15 is 0 Å². The number of para-hydroxylation sites is 1. The van der Waals surface area contributed by atoms with E-state index in [0.29, 0.717) is 24.1 Å². The molecule has 0 aromatic heterocycles. The number of carboxylic acid groups (broad SMARTS) is 1. The summed E-state index contributed by atoms with van der Waals surface area (Å²) < 4.78 is 0. The van der Waals surface area contributed by atoms with Crippen LogP contribution in [0.4, 0.5) is 5.69 Å². The van der Waals surface area contributed by atoms with Gasteiger partial charge in [-0.3, -0.25) is 14.4 Å². The van der Waals surface area contributed by atoms with Crippen molar-refractivity contribution in [3.63, 3.8) is 0 Å². The Hall–Kier alpha value is -2.63. The molecule has 0 bridgehead atoms. The molecule has 2 atom stereocenters. The van der Waals surface area contributed by atoms with Gasteiger partial charge < -0.3 is 15.3 Å². The van der Waals surface area contributed by atoms with Crippen LogP contribution in [0.15, 0.2) is 36.4 Å². The number of anilines is 1. The van der Waals surface area contributed by atoms with Gasteiger partial charge in [0, 0.05) is 14.1 Å². The van der Waals surface area contributed by atoms with Gasteiger partial charge in [-0.1, -0.05) is 24.3 Å². The molecule has 0 aliphatic heterocycles. The number of carbonyl (C=O) groups excluding carboxylic acids is 2. The Balaban J connectivity index is 2.22. The maximum absolute atomic E-state index is 12.5. The second-order valence-electron chi connectivity index (χ2n) is 5.73. The summed E-state index contributed by atoms with van der Waals surface area (Å²) in [7, 11) is 3.26. The summed E-state index contributed by atoms with van der Waals surface area (Å²) in [5, 5.41) is 12.0. The quantitative estimate of drug-likeness (QED) is 0.832. The number of amides is 2. The monoisotopic (exact) mass is 316 g/mol. The molecule has 1 aromatic carbocycles. The summed E-state index contributed by atoms with van der Waals surface area (Å²) in [4.78, 5) is 37.4. The smallest absolute Gasteiger partial charge is 0.307 e. The molecule has 0 radical (unpaired) electrons. The number of carbonyl (C=O) groups is 3. The van der Waals surface area contributed by atoms with Crippen molar-refractivity contribution in [2.75, 3.05) is 19.4 Å². The SMILES string of the molecule is CN(C)C(=O)c1ccccc1NC(=O)[C@@H]1CC=CC[C@H]1C(=O)O. The summed E-state index contributed by atoms with van der Waals surface area (Å²) >= 11 is 0. The maximum Gasteiger partial charge on any atom is 0.307 e. The van der Waals surface area contributed by atoms with E-state index in [1.165, 1.54) is 4.90 Å². The highest BCUT2D eigenvalue weighted by Crippen LogP contribution is 2.28. The molecule has 1 aliphatic rings. The highest BCUT2D eigenvalue weighted by atomic mass is 16.4. The number of nitrogens with one attached hydrogen (secondary N) is 1. The molecule has 1 aliphatic carbocycles. The molecule has 6 heteroatoms. The molecule has 0 saturated carbocycles. The Labute approximate surface area is 134 Å². The van der Waals surface area contributed by atoms with E-state index in [0.717, 1.165) is 0 Å². The number of rotatable bonds is 4. The van der Waals surface area contributed by atoms with Gasteiger partial charge in [0.05, 0.1) is 23.1 Å². The van der Waals surface area contributed by atoms with E-state index in [2.05, 4.69) is 5.32 Å². The number of hydrogen-bond donors (Lipinski definition) is 2. The van der Waals surface area contributed by atoms with Crippen molar-refractivity contribution in [2.45, 2.75) is 12.8 Å². The minimum atomic E-state index is -0.979. The van der Waals surface area contributed by atoms with E-state index in [1.807, 2.05) is 6.08 Å². The molecule has 1 aromatic rings. The molecule has 122 valence electrons. The topological polar surface area (TPSA) is 86.7 Å². The first-order valence-electron chi connectivity index (χ1n) is 7.41. The molecule has 0 spiro atoms. The zero-order valence-corrected chi connectivity index (χ0v) is 13.2. The molecule has 2 amide bonds. The van der Waals surface area contributed by atoms with Crippen molar-refractivity contribution in [1.82, 2.24) is 4.90 Å². The summed E-state index contributed by atoms with van der Waals surface area (Å²) in [6, 6.07) is 6.71. The Kier molecular flexibility index (Phi) is 5.16. The van der Waals surface area contributed by atoms with Crippen molar-refractivity contribution in [3.05, 3.63) is 42.0 Å². The number of benzene rings is 1. The summed E-state index contributed by atoms with van der Waals surface area (Å²) in [5.74, 6) is -2.95. The van der Waals surface area contributed by atoms with Crippen LogP contribution in [-0.4, -0.2) is 41.9 Å². The van der Waals surface area contributed by atoms with Crippen LogP contribution in [0, 0.1) is 11.8 Å². The van der Waals surface area contributed by atoms with E-state index < -0.39 is 17.8 Å². The lowest BCUT2D eigenvalue weighted by molar-refractivity contribution is -0.146. The average molecular weight is 316 g/mol. The van der Waals surface area contributed by atoms with Crippen LogP contribution in [-0.2, 0) is 9.59 Å². The van der Waals surface area contributed by atoms with Gasteiger partial charge in [-0.25, -0.2) is 0 Å². The number of allylic oxidation sites excluding steroid dienone is 2. The molecule has 0 unspecified atom stereocenters. The van der Waals surface area contributed by atoms with E-state index in [1.54, 1.807) is 44.4 Å². The maximum atomic E-state index is 12.5. The second-order valence-corrected chi connectivity index (χ2v) is 5.73. The molecule has 6 nitrogen and oxygen atoms in total. The normalized spacial score (nSPS) is 19.9. The van der Waals surface area contributed by atoms with Gasteiger partial charge in [-0.05, 0) is 25.0 Å². The Morgan fingerprint density at radius 3 is 2.30 bits per heavy atom. The summed E-state index contributed by atoms with van der Waals surface area (Å²) in [5.41, 5.74) is 0.777. The highest BCUT2D eigenvalue weighted by Gasteiger charge is 2.34. The van der Waals surface area contributed by atoms with Crippen molar-refractivity contribution < 1.29 is 19.5 Å². The van der Waals surface area contributed by atoms with Gasteiger partial charge in [0.2, 0.25) is 5.91 Å². The first-order chi connectivity index (χ1) is 10.9. The standard InChI is InChI=1S/C17H20N2O4/c1-19(2)16(21)13-9-5-6-10-14(13)18-15(20)11-7-3-4-8-12(11)17(22)23/h3-6,9-12H,7-8H2,1-2H3,(H,18,20)(H,22,23)/t11-,12-/m1/s1. The van der Waals surface area contributed by atoms with Crippen LogP contribution >= 0.6 is 0 Å². The van der Waals surface area contributed by atoms with Crippen molar-refractivity contribution in [1.29, 1.82) is 0 Å². The molecule has 2 rings (SSSR count). The van der Waals surface area contributed by atoms with Gasteiger partial charge in [-0.2, -0.15) is 0 Å². The number of carboxylic acids is 1. The van der Waals surface area contributed by atoms with Crippen molar-refractivity contribution >= 4 is 23.5 Å². The van der Waals surface area contributed by atoms with E-state index in [4.69, 9.17) is 0 Å². The Morgan fingerprint density at radius 1 is 1.09 bits per heavy atom. The first-order valence-corrected chi connectivity index (χ1v) is 7.41. The lowest BCUT2D eigenvalue weighted by Crippen LogP contribution is -2.35. The van der Waals surface area contributed by atoms with Gasteiger partial charge in [0.15, 0.2) is 0 Å². The number of hydrogen-bond acceptors (Lipinski definition) is 3. The molecule has 0 saturated heterocycles. The fourth-order valence-corrected chi connectivity index (χ4v) is 2.62. The molecule has 2 N–H and O–H groups in total. The minimum Gasteiger partial charge on any atom is -0.481 e. The van der Waals surface area contributed by atoms with E-state index in [-0.39, 0.29) is 11.8 Å². The van der Waals surface area contributed by atoms with Crippen LogP contribution in [0.2, 0.25) is 0 Å². The lowest BCUT2D eigenvalue weighted by Gasteiger charge is -2.24. The fourth-order valence-electron chi connectivity index (χ4n) is 2.62. The predicted octanol–water partition coefficient (Wildman–Crippen LogP) is 1.99.